The van der Waals surface area contributed by atoms with Crippen molar-refractivity contribution in [1.29, 1.82) is 0 Å². The van der Waals surface area contributed by atoms with Gasteiger partial charge in [-0.05, 0) is 32.0 Å². The molecule has 2 aromatic heterocycles. The van der Waals surface area contributed by atoms with Gasteiger partial charge in [-0.15, -0.1) is 0 Å². The minimum absolute atomic E-state index is 0.0632. The molecule has 0 saturated heterocycles. The number of aryl methyl sites for hydroxylation is 1. The van der Waals surface area contributed by atoms with Gasteiger partial charge in [0.2, 0.25) is 10.0 Å². The van der Waals surface area contributed by atoms with Crippen LogP contribution in [-0.4, -0.2) is 31.2 Å². The molecule has 1 atom stereocenters. The molecule has 7 nitrogen and oxygen atoms in total. The number of benzene rings is 1. The maximum absolute atomic E-state index is 12.4. The summed E-state index contributed by atoms with van der Waals surface area (Å²) in [6.45, 7) is 3.66. The van der Waals surface area contributed by atoms with Gasteiger partial charge in [-0.1, -0.05) is 23.4 Å². The minimum Gasteiger partial charge on any atom is -0.489 e. The molecule has 0 amide bonds. The Morgan fingerprint density at radius 1 is 1.29 bits per heavy atom. The van der Waals surface area contributed by atoms with E-state index in [2.05, 4.69) is 14.9 Å². The quantitative estimate of drug-likeness (QED) is 0.735. The smallest absolute Gasteiger partial charge is 0.257 e. The summed E-state index contributed by atoms with van der Waals surface area (Å²) in [6, 6.07) is 10.7. The van der Waals surface area contributed by atoms with Crippen molar-refractivity contribution in [1.82, 2.24) is 14.9 Å². The van der Waals surface area contributed by atoms with Crippen LogP contribution in [0.25, 0.3) is 11.1 Å². The highest BCUT2D eigenvalue weighted by Gasteiger charge is 2.18. The summed E-state index contributed by atoms with van der Waals surface area (Å²) >= 11 is 0. The van der Waals surface area contributed by atoms with E-state index in [1.54, 1.807) is 13.8 Å². The number of nitrogens with one attached hydrogen (secondary N) is 1. The third-order valence-corrected chi connectivity index (χ3v) is 4.83. The van der Waals surface area contributed by atoms with Gasteiger partial charge >= 0.3 is 0 Å². The third kappa shape index (κ3) is 3.55. The molecule has 3 rings (SSSR count). The van der Waals surface area contributed by atoms with Crippen LogP contribution in [0.4, 0.5) is 0 Å². The van der Waals surface area contributed by atoms with Gasteiger partial charge in [0.1, 0.15) is 16.7 Å². The van der Waals surface area contributed by atoms with Gasteiger partial charge in [-0.3, -0.25) is 0 Å². The monoisotopic (exact) mass is 347 g/mol. The summed E-state index contributed by atoms with van der Waals surface area (Å²) in [5, 5.41) is 4.34. The molecule has 0 bridgehead atoms. The van der Waals surface area contributed by atoms with Crippen LogP contribution in [0.5, 0.6) is 5.75 Å². The summed E-state index contributed by atoms with van der Waals surface area (Å²) in [5.41, 5.74) is 0.905. The first-order valence-corrected chi connectivity index (χ1v) is 8.87. The van der Waals surface area contributed by atoms with Gasteiger partial charge < -0.3 is 9.26 Å². The average molecular weight is 347 g/mol. The van der Waals surface area contributed by atoms with Gasteiger partial charge in [-0.2, -0.15) is 0 Å². The summed E-state index contributed by atoms with van der Waals surface area (Å²) in [4.78, 5) is 4.05. The number of nitrogens with zero attached hydrogens (tertiary/aromatic N) is 2. The molecule has 3 aromatic rings. The Morgan fingerprint density at radius 3 is 2.79 bits per heavy atom. The number of hydrogen-bond donors (Lipinski definition) is 1. The number of hydrogen-bond acceptors (Lipinski definition) is 6. The number of rotatable bonds is 6. The lowest BCUT2D eigenvalue weighted by molar-refractivity contribution is 0.225. The van der Waals surface area contributed by atoms with E-state index in [4.69, 9.17) is 9.26 Å². The van der Waals surface area contributed by atoms with E-state index in [1.165, 1.54) is 12.3 Å². The highest BCUT2D eigenvalue weighted by atomic mass is 32.2. The normalized spacial score (nSPS) is 13.1. The Labute approximate surface area is 139 Å². The predicted molar refractivity (Wildman–Crippen MR) is 88.3 cm³/mol. The van der Waals surface area contributed by atoms with Crippen molar-refractivity contribution in [2.45, 2.75) is 24.8 Å². The highest BCUT2D eigenvalue weighted by Crippen LogP contribution is 2.19. The Bertz CT molecular complexity index is 938. The Morgan fingerprint density at radius 2 is 2.04 bits per heavy atom. The van der Waals surface area contributed by atoms with Crippen molar-refractivity contribution >= 4 is 21.1 Å². The van der Waals surface area contributed by atoms with E-state index in [0.29, 0.717) is 22.5 Å². The fraction of sp³-hybridized carbons (Fsp3) is 0.250. The predicted octanol–water partition coefficient (Wildman–Crippen LogP) is 2.28. The van der Waals surface area contributed by atoms with E-state index < -0.39 is 10.0 Å². The summed E-state index contributed by atoms with van der Waals surface area (Å²) in [5.74, 6) is 0.687. The van der Waals surface area contributed by atoms with Crippen molar-refractivity contribution in [3.8, 4) is 5.75 Å². The van der Waals surface area contributed by atoms with Gasteiger partial charge in [-0.25, -0.2) is 18.1 Å². The van der Waals surface area contributed by atoms with Gasteiger partial charge in [0.15, 0.2) is 0 Å². The van der Waals surface area contributed by atoms with Crippen LogP contribution in [-0.2, 0) is 10.0 Å². The molecule has 0 aliphatic heterocycles. The van der Waals surface area contributed by atoms with E-state index in [0.717, 1.165) is 0 Å². The van der Waals surface area contributed by atoms with Crippen LogP contribution < -0.4 is 9.46 Å². The molecule has 0 aliphatic carbocycles. The number of aromatic nitrogens is 2. The van der Waals surface area contributed by atoms with Crippen LogP contribution in [0.15, 0.2) is 52.0 Å². The molecule has 0 spiro atoms. The Kier molecular flexibility index (Phi) is 4.50. The fourth-order valence-electron chi connectivity index (χ4n) is 2.16. The van der Waals surface area contributed by atoms with E-state index in [9.17, 15) is 8.42 Å². The summed E-state index contributed by atoms with van der Waals surface area (Å²) < 4.78 is 38.0. The molecular weight excluding hydrogens is 330 g/mol. The molecule has 1 unspecified atom stereocenters. The second-order valence-electron chi connectivity index (χ2n) is 5.39. The molecule has 24 heavy (non-hydrogen) atoms. The second-order valence-corrected chi connectivity index (χ2v) is 7.15. The molecule has 0 aliphatic rings. The van der Waals surface area contributed by atoms with Crippen molar-refractivity contribution in [3.05, 3.63) is 48.3 Å². The lowest BCUT2D eigenvalue weighted by Crippen LogP contribution is -2.33. The van der Waals surface area contributed by atoms with Crippen LogP contribution in [0.2, 0.25) is 0 Å². The first-order chi connectivity index (χ1) is 11.5. The Balaban J connectivity index is 1.69. The van der Waals surface area contributed by atoms with Crippen molar-refractivity contribution in [3.63, 3.8) is 0 Å². The van der Waals surface area contributed by atoms with Crippen molar-refractivity contribution in [2.75, 3.05) is 6.54 Å². The van der Waals surface area contributed by atoms with Crippen LogP contribution in [0, 0.1) is 6.92 Å². The molecule has 0 fully saturated rings. The molecule has 1 aromatic carbocycles. The van der Waals surface area contributed by atoms with Crippen LogP contribution in [0.3, 0.4) is 0 Å². The number of pyridine rings is 1. The van der Waals surface area contributed by atoms with Gasteiger partial charge in [0, 0.05) is 6.54 Å². The first kappa shape index (κ1) is 16.4. The molecule has 126 valence electrons. The number of ether oxygens (including phenoxy) is 1. The van der Waals surface area contributed by atoms with E-state index in [1.807, 2.05) is 30.3 Å². The maximum atomic E-state index is 12.4. The summed E-state index contributed by atoms with van der Waals surface area (Å²) in [6.07, 6.45) is 0.925. The van der Waals surface area contributed by atoms with E-state index >= 15 is 0 Å². The SMILES string of the molecule is Cc1noc2ncc(S(=O)(=O)NCC(C)Oc3ccccc3)cc12. The summed E-state index contributed by atoms with van der Waals surface area (Å²) in [7, 11) is -3.70. The van der Waals surface area contributed by atoms with E-state index in [-0.39, 0.29) is 17.5 Å². The largest absolute Gasteiger partial charge is 0.489 e. The van der Waals surface area contributed by atoms with Crippen LogP contribution >= 0.6 is 0 Å². The molecule has 0 radical (unpaired) electrons. The van der Waals surface area contributed by atoms with Crippen molar-refractivity contribution in [2.24, 2.45) is 0 Å². The number of para-hydroxylation sites is 1. The second kappa shape index (κ2) is 6.58. The molecule has 2 heterocycles. The van der Waals surface area contributed by atoms with Gasteiger partial charge in [0.25, 0.3) is 5.71 Å². The van der Waals surface area contributed by atoms with Crippen molar-refractivity contribution < 1.29 is 17.7 Å². The standard InChI is InChI=1S/C16H17N3O4S/c1-11(22-13-6-4-3-5-7-13)9-18-24(20,21)14-8-15-12(2)19-23-16(15)17-10-14/h3-8,10-11,18H,9H2,1-2H3. The topological polar surface area (TPSA) is 94.3 Å². The van der Waals surface area contributed by atoms with Crippen LogP contribution in [0.1, 0.15) is 12.6 Å². The molecule has 8 heteroatoms. The number of sulfonamides is 1. The lowest BCUT2D eigenvalue weighted by atomic mass is 10.3. The lowest BCUT2D eigenvalue weighted by Gasteiger charge is -2.15. The molecule has 1 N–H and O–H groups in total. The zero-order valence-corrected chi connectivity index (χ0v) is 14.1. The highest BCUT2D eigenvalue weighted by molar-refractivity contribution is 7.89. The third-order valence-electron chi connectivity index (χ3n) is 3.44. The number of fused-ring (bicyclic) bond motifs is 1. The zero-order chi connectivity index (χ0) is 17.2. The zero-order valence-electron chi connectivity index (χ0n) is 13.3. The molecule has 0 saturated carbocycles. The first-order valence-electron chi connectivity index (χ1n) is 7.39. The minimum atomic E-state index is -3.70. The maximum Gasteiger partial charge on any atom is 0.257 e. The molecular formula is C16H17N3O4S. The fourth-order valence-corrected chi connectivity index (χ4v) is 3.24. The van der Waals surface area contributed by atoms with Gasteiger partial charge in [0.05, 0.1) is 17.3 Å². The average Bonchev–Trinajstić information content (AvgIpc) is 2.95. The Hall–Kier alpha value is -2.45.